The molecule has 3 rings (SSSR count). The van der Waals surface area contributed by atoms with Gasteiger partial charge in [0.15, 0.2) is 5.13 Å². The topological polar surface area (TPSA) is 46.9 Å². The number of aromatic nitrogens is 2. The summed E-state index contributed by atoms with van der Waals surface area (Å²) in [5.41, 5.74) is 2.06. The first-order chi connectivity index (χ1) is 9.81. The van der Waals surface area contributed by atoms with E-state index in [0.29, 0.717) is 11.6 Å². The van der Waals surface area contributed by atoms with Gasteiger partial charge in [0, 0.05) is 29.7 Å². The molecular formula is C15H13N3OS. The van der Waals surface area contributed by atoms with E-state index >= 15 is 0 Å². The second-order valence-corrected chi connectivity index (χ2v) is 5.21. The minimum Gasteiger partial charge on any atom is -0.324 e. The van der Waals surface area contributed by atoms with E-state index in [1.54, 1.807) is 6.20 Å². The van der Waals surface area contributed by atoms with E-state index in [9.17, 15) is 4.79 Å². The minimum atomic E-state index is -0.0475. The second-order valence-electron chi connectivity index (χ2n) is 4.32. The summed E-state index contributed by atoms with van der Waals surface area (Å²) in [6, 6.07) is 11.9. The maximum Gasteiger partial charge on any atom is 0.230 e. The molecule has 0 aliphatic rings. The maximum atomic E-state index is 11.8. The zero-order chi connectivity index (χ0) is 13.8. The molecule has 4 nitrogen and oxygen atoms in total. The number of hydrogen-bond acceptors (Lipinski definition) is 3. The van der Waals surface area contributed by atoms with Gasteiger partial charge in [0.25, 0.3) is 0 Å². The molecule has 0 saturated carbocycles. The fraction of sp³-hybridized carbons (Fsp3) is 0.0667. The summed E-state index contributed by atoms with van der Waals surface area (Å²) in [5, 5.41) is 5.25. The molecule has 0 spiro atoms. The van der Waals surface area contributed by atoms with E-state index < -0.39 is 0 Å². The average Bonchev–Trinajstić information content (AvgIpc) is 3.12. The molecule has 5 heteroatoms. The molecule has 1 amide bonds. The lowest BCUT2D eigenvalue weighted by molar-refractivity contribution is -0.115. The Morgan fingerprint density at radius 1 is 1.20 bits per heavy atom. The van der Waals surface area contributed by atoms with Crippen molar-refractivity contribution < 1.29 is 4.79 Å². The summed E-state index contributed by atoms with van der Waals surface area (Å²) in [4.78, 5) is 15.9. The second kappa shape index (κ2) is 5.71. The van der Waals surface area contributed by atoms with Crippen molar-refractivity contribution in [3.63, 3.8) is 0 Å². The zero-order valence-corrected chi connectivity index (χ0v) is 11.5. The van der Waals surface area contributed by atoms with E-state index in [0.717, 1.165) is 11.3 Å². The van der Waals surface area contributed by atoms with E-state index in [1.807, 2.05) is 58.7 Å². The molecule has 0 unspecified atom stereocenters. The summed E-state index contributed by atoms with van der Waals surface area (Å²) in [5.74, 6) is -0.0475. The highest BCUT2D eigenvalue weighted by Crippen LogP contribution is 2.13. The molecule has 0 aliphatic carbocycles. The summed E-state index contributed by atoms with van der Waals surface area (Å²) < 4.78 is 2.03. The molecule has 0 bridgehead atoms. The maximum absolute atomic E-state index is 11.8. The Labute approximate surface area is 120 Å². The number of nitrogens with one attached hydrogen (secondary N) is 1. The van der Waals surface area contributed by atoms with Crippen LogP contribution in [0, 0.1) is 0 Å². The van der Waals surface area contributed by atoms with Gasteiger partial charge < -0.3 is 9.88 Å². The first-order valence-electron chi connectivity index (χ1n) is 6.23. The summed E-state index contributed by atoms with van der Waals surface area (Å²) in [6.07, 6.45) is 6.01. The highest BCUT2D eigenvalue weighted by atomic mass is 32.1. The Hall–Kier alpha value is -2.40. The molecule has 0 radical (unpaired) electrons. The Kier molecular flexibility index (Phi) is 3.60. The number of anilines is 1. The van der Waals surface area contributed by atoms with Gasteiger partial charge in [-0.3, -0.25) is 4.79 Å². The lowest BCUT2D eigenvalue weighted by atomic mass is 10.1. The van der Waals surface area contributed by atoms with Crippen LogP contribution < -0.4 is 5.32 Å². The Morgan fingerprint density at radius 2 is 1.95 bits per heavy atom. The molecule has 100 valence electrons. The van der Waals surface area contributed by atoms with Gasteiger partial charge in [-0.1, -0.05) is 12.1 Å². The lowest BCUT2D eigenvalue weighted by Gasteiger charge is -2.05. The molecular weight excluding hydrogens is 270 g/mol. The van der Waals surface area contributed by atoms with Crippen molar-refractivity contribution in [1.29, 1.82) is 0 Å². The molecule has 0 fully saturated rings. The van der Waals surface area contributed by atoms with Gasteiger partial charge in [-0.05, 0) is 29.8 Å². The van der Waals surface area contributed by atoms with E-state index in [-0.39, 0.29) is 5.91 Å². The monoisotopic (exact) mass is 283 g/mol. The van der Waals surface area contributed by atoms with Crippen LogP contribution in [0.1, 0.15) is 5.56 Å². The quantitative estimate of drug-likeness (QED) is 0.799. The van der Waals surface area contributed by atoms with Gasteiger partial charge in [-0.15, -0.1) is 11.3 Å². The molecule has 2 heterocycles. The molecule has 0 atom stereocenters. The number of hydrogen-bond donors (Lipinski definition) is 1. The van der Waals surface area contributed by atoms with Crippen molar-refractivity contribution in [2.45, 2.75) is 6.42 Å². The summed E-state index contributed by atoms with van der Waals surface area (Å²) >= 11 is 1.42. The predicted octanol–water partition coefficient (Wildman–Crippen LogP) is 3.12. The molecule has 0 aliphatic heterocycles. The average molecular weight is 283 g/mol. The van der Waals surface area contributed by atoms with E-state index in [1.165, 1.54) is 11.3 Å². The van der Waals surface area contributed by atoms with Crippen molar-refractivity contribution >= 4 is 22.4 Å². The number of carbonyl (C=O) groups is 1. The third kappa shape index (κ3) is 2.95. The molecule has 2 aromatic heterocycles. The SMILES string of the molecule is O=C(Cc1ccc(-n2cccc2)cc1)Nc1nccs1. The third-order valence-corrected chi connectivity index (χ3v) is 3.57. The van der Waals surface area contributed by atoms with Crippen molar-refractivity contribution in [3.05, 3.63) is 65.9 Å². The zero-order valence-electron chi connectivity index (χ0n) is 10.7. The number of benzene rings is 1. The van der Waals surface area contributed by atoms with Crippen molar-refractivity contribution in [1.82, 2.24) is 9.55 Å². The third-order valence-electron chi connectivity index (χ3n) is 2.88. The van der Waals surface area contributed by atoms with Crippen LogP contribution in [0.5, 0.6) is 0 Å². The van der Waals surface area contributed by atoms with Crippen LogP contribution >= 0.6 is 11.3 Å². The standard InChI is InChI=1S/C15H13N3OS/c19-14(17-15-16-7-10-20-15)11-12-3-5-13(6-4-12)18-8-1-2-9-18/h1-10H,11H2,(H,16,17,19). The van der Waals surface area contributed by atoms with Crippen LogP contribution in [0.25, 0.3) is 5.69 Å². The van der Waals surface area contributed by atoms with Gasteiger partial charge >= 0.3 is 0 Å². The van der Waals surface area contributed by atoms with Crippen molar-refractivity contribution in [2.75, 3.05) is 5.32 Å². The number of thiazole rings is 1. The Morgan fingerprint density at radius 3 is 2.60 bits per heavy atom. The Bertz CT molecular complexity index is 673. The lowest BCUT2D eigenvalue weighted by Crippen LogP contribution is -2.14. The first kappa shape index (κ1) is 12.6. The van der Waals surface area contributed by atoms with Crippen LogP contribution in [-0.4, -0.2) is 15.5 Å². The van der Waals surface area contributed by atoms with Crippen molar-refractivity contribution in [2.24, 2.45) is 0 Å². The van der Waals surface area contributed by atoms with Gasteiger partial charge in [0.2, 0.25) is 5.91 Å². The van der Waals surface area contributed by atoms with Gasteiger partial charge in [0.05, 0.1) is 6.42 Å². The normalized spacial score (nSPS) is 10.4. The number of carbonyl (C=O) groups excluding carboxylic acids is 1. The predicted molar refractivity (Wildman–Crippen MR) is 80.2 cm³/mol. The Balaban J connectivity index is 1.65. The molecule has 0 saturated heterocycles. The fourth-order valence-corrected chi connectivity index (χ4v) is 2.47. The van der Waals surface area contributed by atoms with Gasteiger partial charge in [0.1, 0.15) is 0 Å². The molecule has 3 aromatic rings. The molecule has 1 N–H and O–H groups in total. The largest absolute Gasteiger partial charge is 0.324 e. The summed E-state index contributed by atoms with van der Waals surface area (Å²) in [7, 11) is 0. The minimum absolute atomic E-state index is 0.0475. The van der Waals surface area contributed by atoms with Crippen LogP contribution in [0.2, 0.25) is 0 Å². The van der Waals surface area contributed by atoms with Gasteiger partial charge in [-0.2, -0.15) is 0 Å². The van der Waals surface area contributed by atoms with Crippen LogP contribution in [-0.2, 0) is 11.2 Å². The van der Waals surface area contributed by atoms with E-state index in [2.05, 4.69) is 10.3 Å². The summed E-state index contributed by atoms with van der Waals surface area (Å²) in [6.45, 7) is 0. The smallest absolute Gasteiger partial charge is 0.230 e. The van der Waals surface area contributed by atoms with Crippen LogP contribution in [0.3, 0.4) is 0 Å². The van der Waals surface area contributed by atoms with Crippen LogP contribution in [0.15, 0.2) is 60.4 Å². The first-order valence-corrected chi connectivity index (χ1v) is 7.11. The number of amides is 1. The van der Waals surface area contributed by atoms with Crippen molar-refractivity contribution in [3.8, 4) is 5.69 Å². The van der Waals surface area contributed by atoms with Crippen LogP contribution in [0.4, 0.5) is 5.13 Å². The van der Waals surface area contributed by atoms with Gasteiger partial charge in [-0.25, -0.2) is 4.98 Å². The highest BCUT2D eigenvalue weighted by molar-refractivity contribution is 7.13. The molecule has 1 aromatic carbocycles. The fourth-order valence-electron chi connectivity index (χ4n) is 1.93. The number of nitrogens with zero attached hydrogens (tertiary/aromatic N) is 2. The highest BCUT2D eigenvalue weighted by Gasteiger charge is 2.05. The van der Waals surface area contributed by atoms with E-state index in [4.69, 9.17) is 0 Å². The number of rotatable bonds is 4. The molecule has 20 heavy (non-hydrogen) atoms.